The van der Waals surface area contributed by atoms with Gasteiger partial charge in [0, 0.05) is 5.39 Å². The first-order chi connectivity index (χ1) is 9.70. The molecule has 0 bridgehead atoms. The van der Waals surface area contributed by atoms with Gasteiger partial charge in [0.25, 0.3) is 0 Å². The molecule has 0 radical (unpaired) electrons. The van der Waals surface area contributed by atoms with E-state index in [2.05, 4.69) is 35.9 Å². The molecule has 98 valence electrons. The lowest BCUT2D eigenvalue weighted by molar-refractivity contribution is 0.627. The van der Waals surface area contributed by atoms with E-state index in [1.165, 1.54) is 11.1 Å². The number of H-pyrrole nitrogens is 1. The van der Waals surface area contributed by atoms with E-state index in [0.717, 1.165) is 33.6 Å². The van der Waals surface area contributed by atoms with Crippen LogP contribution in [0.3, 0.4) is 0 Å². The number of aromatic amines is 1. The number of nitrogens with zero attached hydrogens (tertiary/aromatic N) is 1. The van der Waals surface area contributed by atoms with Gasteiger partial charge in [0.1, 0.15) is 5.58 Å². The lowest BCUT2D eigenvalue weighted by Gasteiger charge is -1.97. The topological polar surface area (TPSA) is 41.8 Å². The number of aromatic nitrogens is 2. The molecular formula is C17H14N2O. The molecule has 0 unspecified atom stereocenters. The Morgan fingerprint density at radius 2 is 1.80 bits per heavy atom. The summed E-state index contributed by atoms with van der Waals surface area (Å²) < 4.78 is 5.85. The highest BCUT2D eigenvalue weighted by Crippen LogP contribution is 2.28. The first-order valence-electron chi connectivity index (χ1n) is 6.66. The average Bonchev–Trinajstić information content (AvgIpc) is 3.02. The van der Waals surface area contributed by atoms with Crippen LogP contribution in [0.4, 0.5) is 0 Å². The van der Waals surface area contributed by atoms with Gasteiger partial charge in [-0.25, -0.2) is 4.98 Å². The lowest BCUT2D eigenvalue weighted by Crippen LogP contribution is -1.79. The predicted molar refractivity (Wildman–Crippen MR) is 80.8 cm³/mol. The van der Waals surface area contributed by atoms with Crippen molar-refractivity contribution in [2.24, 2.45) is 0 Å². The van der Waals surface area contributed by atoms with Crippen molar-refractivity contribution >= 4 is 22.0 Å². The van der Waals surface area contributed by atoms with Crippen molar-refractivity contribution in [2.75, 3.05) is 0 Å². The van der Waals surface area contributed by atoms with Gasteiger partial charge in [-0.2, -0.15) is 0 Å². The van der Waals surface area contributed by atoms with Crippen LogP contribution < -0.4 is 0 Å². The molecule has 2 heterocycles. The Kier molecular flexibility index (Phi) is 2.24. The summed E-state index contributed by atoms with van der Waals surface area (Å²) >= 11 is 0. The van der Waals surface area contributed by atoms with Crippen LogP contribution in [0.1, 0.15) is 11.1 Å². The molecule has 3 heteroatoms. The highest BCUT2D eigenvalue weighted by atomic mass is 16.3. The van der Waals surface area contributed by atoms with Gasteiger partial charge in [-0.15, -0.1) is 0 Å². The summed E-state index contributed by atoms with van der Waals surface area (Å²) in [6, 6.07) is 14.2. The van der Waals surface area contributed by atoms with Crippen LogP contribution in [0.2, 0.25) is 0 Å². The number of hydrogen-bond donors (Lipinski definition) is 1. The van der Waals surface area contributed by atoms with Gasteiger partial charge in [0.2, 0.25) is 0 Å². The monoisotopic (exact) mass is 262 g/mol. The second-order valence-corrected chi connectivity index (χ2v) is 5.19. The minimum absolute atomic E-state index is 0.776. The summed E-state index contributed by atoms with van der Waals surface area (Å²) in [5.74, 6) is 1.55. The van der Waals surface area contributed by atoms with E-state index in [1.807, 2.05) is 30.3 Å². The number of nitrogens with one attached hydrogen (secondary N) is 1. The molecule has 0 fully saturated rings. The van der Waals surface area contributed by atoms with Gasteiger partial charge in [-0.1, -0.05) is 18.2 Å². The van der Waals surface area contributed by atoms with E-state index in [9.17, 15) is 0 Å². The quantitative estimate of drug-likeness (QED) is 0.545. The minimum atomic E-state index is 0.776. The molecule has 1 N–H and O–H groups in total. The molecule has 4 aromatic rings. The Morgan fingerprint density at radius 1 is 1.00 bits per heavy atom. The van der Waals surface area contributed by atoms with E-state index < -0.39 is 0 Å². The molecule has 0 aliphatic heterocycles. The number of furan rings is 1. The van der Waals surface area contributed by atoms with Crippen molar-refractivity contribution in [1.29, 1.82) is 0 Å². The molecule has 0 aliphatic carbocycles. The highest BCUT2D eigenvalue weighted by molar-refractivity contribution is 5.84. The van der Waals surface area contributed by atoms with Crippen LogP contribution in [0.15, 0.2) is 46.9 Å². The average molecular weight is 262 g/mol. The van der Waals surface area contributed by atoms with Gasteiger partial charge in [0.15, 0.2) is 11.6 Å². The van der Waals surface area contributed by atoms with Gasteiger partial charge in [-0.05, 0) is 49.2 Å². The summed E-state index contributed by atoms with van der Waals surface area (Å²) in [6.07, 6.45) is 0. The second kappa shape index (κ2) is 3.97. The number of aryl methyl sites for hydroxylation is 2. The fraction of sp³-hybridized carbons (Fsp3) is 0.118. The van der Waals surface area contributed by atoms with Crippen LogP contribution in [0, 0.1) is 13.8 Å². The Balaban J connectivity index is 1.93. The first-order valence-corrected chi connectivity index (χ1v) is 6.66. The molecule has 4 rings (SSSR count). The van der Waals surface area contributed by atoms with Gasteiger partial charge >= 0.3 is 0 Å². The van der Waals surface area contributed by atoms with Crippen molar-refractivity contribution < 1.29 is 4.42 Å². The lowest BCUT2D eigenvalue weighted by atomic mass is 10.1. The molecule has 3 nitrogen and oxygen atoms in total. The smallest absolute Gasteiger partial charge is 0.174 e. The largest absolute Gasteiger partial charge is 0.453 e. The summed E-state index contributed by atoms with van der Waals surface area (Å²) in [5.41, 5.74) is 5.42. The number of rotatable bonds is 1. The third kappa shape index (κ3) is 1.63. The van der Waals surface area contributed by atoms with Crippen LogP contribution in [-0.4, -0.2) is 9.97 Å². The molecule has 2 aromatic heterocycles. The zero-order chi connectivity index (χ0) is 13.7. The van der Waals surface area contributed by atoms with Crippen LogP contribution >= 0.6 is 0 Å². The molecule has 20 heavy (non-hydrogen) atoms. The third-order valence-electron chi connectivity index (χ3n) is 3.76. The summed E-state index contributed by atoms with van der Waals surface area (Å²) in [7, 11) is 0. The number of benzene rings is 2. The molecule has 0 spiro atoms. The zero-order valence-corrected chi connectivity index (χ0v) is 11.4. The van der Waals surface area contributed by atoms with Crippen molar-refractivity contribution in [3.63, 3.8) is 0 Å². The molecular weight excluding hydrogens is 248 g/mol. The molecule has 0 atom stereocenters. The number of para-hydroxylation sites is 1. The predicted octanol–water partition coefficient (Wildman–Crippen LogP) is 4.59. The maximum absolute atomic E-state index is 5.85. The third-order valence-corrected chi connectivity index (χ3v) is 3.76. The number of fused-ring (bicyclic) bond motifs is 2. The standard InChI is InChI=1S/C17H14N2O/c1-10-7-13-14(8-11(10)2)19-17(18-13)16-9-12-5-3-4-6-15(12)20-16/h3-9H,1-2H3,(H,18,19). The molecule has 2 aromatic carbocycles. The molecule has 0 saturated heterocycles. The van der Waals surface area contributed by atoms with Gasteiger partial charge in [0.05, 0.1) is 11.0 Å². The Bertz CT molecular complexity index is 859. The van der Waals surface area contributed by atoms with Crippen LogP contribution in [0.5, 0.6) is 0 Å². The van der Waals surface area contributed by atoms with Crippen molar-refractivity contribution in [3.05, 3.63) is 53.6 Å². The van der Waals surface area contributed by atoms with E-state index in [0.29, 0.717) is 0 Å². The number of imidazole rings is 1. The van der Waals surface area contributed by atoms with Crippen LogP contribution in [-0.2, 0) is 0 Å². The minimum Gasteiger partial charge on any atom is -0.453 e. The summed E-state index contributed by atoms with van der Waals surface area (Å²) in [5, 5.41) is 1.09. The Morgan fingerprint density at radius 3 is 2.65 bits per heavy atom. The van der Waals surface area contributed by atoms with Gasteiger partial charge in [-0.3, -0.25) is 0 Å². The summed E-state index contributed by atoms with van der Waals surface area (Å²) in [6.45, 7) is 4.21. The van der Waals surface area contributed by atoms with E-state index in [4.69, 9.17) is 4.42 Å². The Hall–Kier alpha value is -2.55. The fourth-order valence-corrected chi connectivity index (χ4v) is 2.48. The summed E-state index contributed by atoms with van der Waals surface area (Å²) in [4.78, 5) is 7.97. The van der Waals surface area contributed by atoms with Gasteiger partial charge < -0.3 is 9.40 Å². The van der Waals surface area contributed by atoms with Crippen molar-refractivity contribution in [1.82, 2.24) is 9.97 Å². The highest BCUT2D eigenvalue weighted by Gasteiger charge is 2.11. The molecule has 0 saturated carbocycles. The van der Waals surface area contributed by atoms with Crippen molar-refractivity contribution in [3.8, 4) is 11.6 Å². The van der Waals surface area contributed by atoms with Crippen LogP contribution in [0.25, 0.3) is 33.6 Å². The molecule has 0 aliphatic rings. The first kappa shape index (κ1) is 11.3. The maximum Gasteiger partial charge on any atom is 0.174 e. The fourth-order valence-electron chi connectivity index (χ4n) is 2.48. The van der Waals surface area contributed by atoms with E-state index >= 15 is 0 Å². The number of hydrogen-bond acceptors (Lipinski definition) is 2. The second-order valence-electron chi connectivity index (χ2n) is 5.19. The van der Waals surface area contributed by atoms with E-state index in [-0.39, 0.29) is 0 Å². The molecule has 0 amide bonds. The van der Waals surface area contributed by atoms with E-state index in [1.54, 1.807) is 0 Å². The normalized spacial score (nSPS) is 11.5. The zero-order valence-electron chi connectivity index (χ0n) is 11.4. The van der Waals surface area contributed by atoms with Crippen molar-refractivity contribution in [2.45, 2.75) is 13.8 Å². The maximum atomic E-state index is 5.85. The SMILES string of the molecule is Cc1cc2nc(-c3cc4ccccc4o3)[nH]c2cc1C. The Labute approximate surface area is 116 Å².